The molecule has 1 fully saturated rings. The quantitative estimate of drug-likeness (QED) is 0.499. The number of carbonyl (C=O) groups is 1. The van der Waals surface area contributed by atoms with Crippen molar-refractivity contribution in [3.8, 4) is 0 Å². The molecule has 0 saturated carbocycles. The van der Waals surface area contributed by atoms with Gasteiger partial charge in [0, 0.05) is 25.6 Å². The predicted molar refractivity (Wildman–Crippen MR) is 64.3 cm³/mol. The van der Waals surface area contributed by atoms with Gasteiger partial charge in [-0.1, -0.05) is 6.08 Å². The highest BCUT2D eigenvalue weighted by Gasteiger charge is 2.14. The van der Waals surface area contributed by atoms with E-state index in [0.29, 0.717) is 25.7 Å². The Balaban J connectivity index is 1.99. The normalized spacial score (nSPS) is 20.4. The Kier molecular flexibility index (Phi) is 6.85. The lowest BCUT2D eigenvalue weighted by Gasteiger charge is -2.23. The zero-order valence-electron chi connectivity index (χ0n) is 9.84. The SMILES string of the molecule is C=CCOCCCC(=O)NC1CCCNC1. The van der Waals surface area contributed by atoms with Crippen LogP contribution in [0.4, 0.5) is 0 Å². The van der Waals surface area contributed by atoms with Crippen LogP contribution >= 0.6 is 0 Å². The molecule has 16 heavy (non-hydrogen) atoms. The van der Waals surface area contributed by atoms with Gasteiger partial charge in [0.05, 0.1) is 6.61 Å². The molecule has 4 nitrogen and oxygen atoms in total. The van der Waals surface area contributed by atoms with E-state index in [1.165, 1.54) is 0 Å². The van der Waals surface area contributed by atoms with Crippen LogP contribution in [-0.4, -0.2) is 38.3 Å². The molecule has 1 heterocycles. The van der Waals surface area contributed by atoms with Crippen LogP contribution in [0.1, 0.15) is 25.7 Å². The van der Waals surface area contributed by atoms with Gasteiger partial charge in [-0.25, -0.2) is 0 Å². The highest BCUT2D eigenvalue weighted by atomic mass is 16.5. The van der Waals surface area contributed by atoms with E-state index in [2.05, 4.69) is 17.2 Å². The molecule has 0 aliphatic carbocycles. The predicted octanol–water partition coefficient (Wildman–Crippen LogP) is 0.837. The molecular formula is C12H22N2O2. The maximum atomic E-state index is 11.5. The van der Waals surface area contributed by atoms with E-state index in [1.807, 2.05) is 0 Å². The lowest BCUT2D eigenvalue weighted by atomic mass is 10.1. The highest BCUT2D eigenvalue weighted by molar-refractivity contribution is 5.76. The van der Waals surface area contributed by atoms with E-state index in [9.17, 15) is 4.79 Å². The van der Waals surface area contributed by atoms with Crippen LogP contribution in [0.15, 0.2) is 12.7 Å². The number of carbonyl (C=O) groups excluding carboxylic acids is 1. The van der Waals surface area contributed by atoms with Crippen molar-refractivity contribution in [1.29, 1.82) is 0 Å². The molecule has 1 aliphatic heterocycles. The second kappa shape index (κ2) is 8.30. The van der Waals surface area contributed by atoms with Crippen molar-refractivity contribution in [3.05, 3.63) is 12.7 Å². The van der Waals surface area contributed by atoms with Gasteiger partial charge in [0.25, 0.3) is 0 Å². The van der Waals surface area contributed by atoms with Crippen LogP contribution in [-0.2, 0) is 9.53 Å². The molecular weight excluding hydrogens is 204 g/mol. The minimum Gasteiger partial charge on any atom is -0.377 e. The monoisotopic (exact) mass is 226 g/mol. The molecule has 0 aromatic carbocycles. The molecule has 2 N–H and O–H groups in total. The smallest absolute Gasteiger partial charge is 0.220 e. The van der Waals surface area contributed by atoms with Crippen molar-refractivity contribution in [2.75, 3.05) is 26.3 Å². The van der Waals surface area contributed by atoms with Gasteiger partial charge in [-0.05, 0) is 25.8 Å². The van der Waals surface area contributed by atoms with E-state index in [4.69, 9.17) is 4.74 Å². The van der Waals surface area contributed by atoms with Gasteiger partial charge >= 0.3 is 0 Å². The Labute approximate surface area is 97.4 Å². The Bertz CT molecular complexity index is 213. The molecule has 1 atom stereocenters. The van der Waals surface area contributed by atoms with Crippen molar-refractivity contribution >= 4 is 5.91 Å². The molecule has 0 aromatic rings. The van der Waals surface area contributed by atoms with Gasteiger partial charge in [0.15, 0.2) is 0 Å². The van der Waals surface area contributed by atoms with Crippen molar-refractivity contribution in [2.24, 2.45) is 0 Å². The van der Waals surface area contributed by atoms with Gasteiger partial charge in [0.1, 0.15) is 0 Å². The molecule has 0 bridgehead atoms. The molecule has 0 radical (unpaired) electrons. The second-order valence-electron chi connectivity index (χ2n) is 4.08. The van der Waals surface area contributed by atoms with E-state index >= 15 is 0 Å². The number of hydrogen-bond acceptors (Lipinski definition) is 3. The summed E-state index contributed by atoms with van der Waals surface area (Å²) in [4.78, 5) is 11.5. The average molecular weight is 226 g/mol. The van der Waals surface area contributed by atoms with Crippen molar-refractivity contribution < 1.29 is 9.53 Å². The van der Waals surface area contributed by atoms with Gasteiger partial charge in [-0.2, -0.15) is 0 Å². The zero-order valence-corrected chi connectivity index (χ0v) is 9.84. The number of piperidine rings is 1. The number of amides is 1. The van der Waals surface area contributed by atoms with E-state index in [1.54, 1.807) is 6.08 Å². The molecule has 0 spiro atoms. The van der Waals surface area contributed by atoms with E-state index < -0.39 is 0 Å². The molecule has 1 aliphatic rings. The van der Waals surface area contributed by atoms with Crippen molar-refractivity contribution in [2.45, 2.75) is 31.7 Å². The molecule has 1 saturated heterocycles. The minimum atomic E-state index is 0.135. The van der Waals surface area contributed by atoms with Crippen LogP contribution in [0.3, 0.4) is 0 Å². The molecule has 4 heteroatoms. The molecule has 92 valence electrons. The van der Waals surface area contributed by atoms with Crippen LogP contribution in [0.5, 0.6) is 0 Å². The summed E-state index contributed by atoms with van der Waals surface area (Å²) in [5.41, 5.74) is 0. The lowest BCUT2D eigenvalue weighted by Crippen LogP contribution is -2.45. The first-order valence-electron chi connectivity index (χ1n) is 6.01. The molecule has 1 amide bonds. The molecule has 0 aromatic heterocycles. The molecule has 1 rings (SSSR count). The van der Waals surface area contributed by atoms with Gasteiger partial charge in [0.2, 0.25) is 5.91 Å². The summed E-state index contributed by atoms with van der Waals surface area (Å²) < 4.78 is 5.21. The maximum Gasteiger partial charge on any atom is 0.220 e. The first kappa shape index (κ1) is 13.2. The molecule has 1 unspecified atom stereocenters. The Hall–Kier alpha value is -0.870. The maximum absolute atomic E-state index is 11.5. The van der Waals surface area contributed by atoms with Crippen LogP contribution < -0.4 is 10.6 Å². The largest absolute Gasteiger partial charge is 0.377 e. The number of ether oxygens (including phenoxy) is 1. The first-order valence-corrected chi connectivity index (χ1v) is 6.01. The number of hydrogen-bond donors (Lipinski definition) is 2. The summed E-state index contributed by atoms with van der Waals surface area (Å²) in [5, 5.41) is 6.31. The van der Waals surface area contributed by atoms with Crippen LogP contribution in [0, 0.1) is 0 Å². The fourth-order valence-corrected chi connectivity index (χ4v) is 1.78. The first-order chi connectivity index (χ1) is 7.83. The van der Waals surface area contributed by atoms with Crippen molar-refractivity contribution in [3.63, 3.8) is 0 Å². The van der Waals surface area contributed by atoms with Crippen LogP contribution in [0.2, 0.25) is 0 Å². The topological polar surface area (TPSA) is 50.4 Å². The number of nitrogens with one attached hydrogen (secondary N) is 2. The lowest BCUT2D eigenvalue weighted by molar-refractivity contribution is -0.122. The number of rotatable bonds is 7. The zero-order chi connectivity index (χ0) is 11.6. The third-order valence-corrected chi connectivity index (χ3v) is 2.59. The third kappa shape index (κ3) is 5.88. The highest BCUT2D eigenvalue weighted by Crippen LogP contribution is 2.02. The van der Waals surface area contributed by atoms with Gasteiger partial charge in [-0.3, -0.25) is 4.79 Å². The van der Waals surface area contributed by atoms with Crippen molar-refractivity contribution in [1.82, 2.24) is 10.6 Å². The second-order valence-corrected chi connectivity index (χ2v) is 4.08. The summed E-state index contributed by atoms with van der Waals surface area (Å²) in [6, 6.07) is 0.315. The van der Waals surface area contributed by atoms with Crippen LogP contribution in [0.25, 0.3) is 0 Å². The summed E-state index contributed by atoms with van der Waals surface area (Å²) in [7, 11) is 0. The van der Waals surface area contributed by atoms with E-state index in [-0.39, 0.29) is 5.91 Å². The summed E-state index contributed by atoms with van der Waals surface area (Å²) in [6.45, 7) is 6.72. The average Bonchev–Trinajstić information content (AvgIpc) is 2.30. The third-order valence-electron chi connectivity index (χ3n) is 2.59. The summed E-state index contributed by atoms with van der Waals surface area (Å²) in [5.74, 6) is 0.135. The summed E-state index contributed by atoms with van der Waals surface area (Å²) >= 11 is 0. The van der Waals surface area contributed by atoms with Gasteiger partial charge < -0.3 is 15.4 Å². The van der Waals surface area contributed by atoms with Gasteiger partial charge in [-0.15, -0.1) is 6.58 Å². The Morgan fingerprint density at radius 1 is 1.62 bits per heavy atom. The fourth-order valence-electron chi connectivity index (χ4n) is 1.78. The van der Waals surface area contributed by atoms with E-state index in [0.717, 1.165) is 32.4 Å². The fraction of sp³-hybridized carbons (Fsp3) is 0.750. The standard InChI is InChI=1S/C12H22N2O2/c1-2-8-16-9-4-6-12(15)14-11-5-3-7-13-10-11/h2,11,13H,1,3-10H2,(H,14,15). The Morgan fingerprint density at radius 2 is 2.50 bits per heavy atom. The minimum absolute atomic E-state index is 0.135. The summed E-state index contributed by atoms with van der Waals surface area (Å²) in [6.07, 6.45) is 5.28. The Morgan fingerprint density at radius 3 is 3.19 bits per heavy atom.